The van der Waals surface area contributed by atoms with Crippen LogP contribution in [0.15, 0.2) is 34.9 Å². The average Bonchev–Trinajstić information content (AvgIpc) is 2.78. The average molecular weight is 431 g/mol. The summed E-state index contributed by atoms with van der Waals surface area (Å²) in [6, 6.07) is 0. The lowest BCUT2D eigenvalue weighted by Gasteiger charge is -2.65. The zero-order chi connectivity index (χ0) is 23.5. The molecule has 7 unspecified atom stereocenters. The quantitative estimate of drug-likeness (QED) is 0.542. The molecule has 4 rings (SSSR count). The zero-order valence-corrected chi connectivity index (χ0v) is 19.7. The standard InChI is InChI=1S/C25H34O6/c1-9-12(3)22(28)30-19-20(27)25(8)16-14(5)11-15(26)17(25)18(16)24(6,7)21(19)31-23(29)13(4)10-2/h9-11,16-21,27H,1-8H3. The molecule has 0 spiro atoms. The summed E-state index contributed by atoms with van der Waals surface area (Å²) in [6.07, 6.45) is 1.79. The van der Waals surface area contributed by atoms with Gasteiger partial charge in [0.25, 0.3) is 0 Å². The van der Waals surface area contributed by atoms with Crippen LogP contribution in [0, 0.1) is 28.6 Å². The number of rotatable bonds is 4. The third-order valence-electron chi connectivity index (χ3n) is 8.05. The molecule has 0 amide bonds. The van der Waals surface area contributed by atoms with E-state index in [4.69, 9.17) is 9.47 Å². The zero-order valence-electron chi connectivity index (χ0n) is 19.7. The molecule has 0 radical (unpaired) electrons. The molecule has 170 valence electrons. The first-order chi connectivity index (χ1) is 14.3. The highest BCUT2D eigenvalue weighted by Crippen LogP contribution is 2.71. The highest BCUT2D eigenvalue weighted by atomic mass is 16.6. The number of hydrogen-bond acceptors (Lipinski definition) is 6. The second-order valence-electron chi connectivity index (χ2n) is 10.0. The number of ketones is 1. The van der Waals surface area contributed by atoms with Crippen molar-refractivity contribution in [3.8, 4) is 0 Å². The normalized spacial score (nSPS) is 39.1. The van der Waals surface area contributed by atoms with Gasteiger partial charge < -0.3 is 14.6 Å². The Bertz CT molecular complexity index is 907. The molecule has 1 N–H and O–H groups in total. The number of hydrogen-bond donors (Lipinski definition) is 1. The minimum atomic E-state index is -1.16. The number of allylic oxidation sites excluding steroid dienone is 4. The van der Waals surface area contributed by atoms with Crippen LogP contribution in [-0.2, 0) is 23.9 Å². The predicted molar refractivity (Wildman–Crippen MR) is 116 cm³/mol. The van der Waals surface area contributed by atoms with Crippen LogP contribution >= 0.6 is 0 Å². The molecule has 0 aliphatic heterocycles. The van der Waals surface area contributed by atoms with E-state index < -0.39 is 47.0 Å². The number of ether oxygens (including phenoxy) is 2. The summed E-state index contributed by atoms with van der Waals surface area (Å²) in [5.74, 6) is -1.72. The van der Waals surface area contributed by atoms with Crippen LogP contribution in [0.4, 0.5) is 0 Å². The topological polar surface area (TPSA) is 89.9 Å². The van der Waals surface area contributed by atoms with Crippen molar-refractivity contribution in [1.82, 2.24) is 0 Å². The number of carbonyl (C=O) groups is 3. The molecule has 4 aliphatic rings. The van der Waals surface area contributed by atoms with Crippen molar-refractivity contribution < 1.29 is 29.0 Å². The van der Waals surface area contributed by atoms with Crippen molar-refractivity contribution in [3.05, 3.63) is 34.9 Å². The van der Waals surface area contributed by atoms with Gasteiger partial charge in [-0.05, 0) is 52.5 Å². The first-order valence-electron chi connectivity index (χ1n) is 10.9. The fraction of sp³-hybridized carbons (Fsp3) is 0.640. The lowest BCUT2D eigenvalue weighted by molar-refractivity contribution is -0.199. The Kier molecular flexibility index (Phi) is 5.85. The summed E-state index contributed by atoms with van der Waals surface area (Å²) in [7, 11) is 0. The van der Waals surface area contributed by atoms with E-state index in [0.29, 0.717) is 11.1 Å². The van der Waals surface area contributed by atoms with Gasteiger partial charge in [-0.25, -0.2) is 9.59 Å². The molecule has 0 aromatic heterocycles. The molecule has 4 bridgehead atoms. The van der Waals surface area contributed by atoms with Crippen molar-refractivity contribution in [3.63, 3.8) is 0 Å². The van der Waals surface area contributed by atoms with E-state index in [-0.39, 0.29) is 17.6 Å². The van der Waals surface area contributed by atoms with Crippen LogP contribution in [0.5, 0.6) is 0 Å². The van der Waals surface area contributed by atoms with E-state index in [1.54, 1.807) is 45.9 Å². The molecule has 7 atom stereocenters. The smallest absolute Gasteiger partial charge is 0.333 e. The van der Waals surface area contributed by atoms with Crippen LogP contribution in [0.1, 0.15) is 55.4 Å². The largest absolute Gasteiger partial charge is 0.454 e. The van der Waals surface area contributed by atoms with E-state index >= 15 is 0 Å². The summed E-state index contributed by atoms with van der Waals surface area (Å²) in [6.45, 7) is 14.4. The maximum absolute atomic E-state index is 13.0. The van der Waals surface area contributed by atoms with Crippen LogP contribution < -0.4 is 0 Å². The molecule has 3 fully saturated rings. The fourth-order valence-electron chi connectivity index (χ4n) is 6.07. The Labute approximate surface area is 184 Å². The lowest BCUT2D eigenvalue weighted by Crippen LogP contribution is -2.68. The van der Waals surface area contributed by atoms with E-state index in [9.17, 15) is 19.5 Å². The minimum absolute atomic E-state index is 0.0223. The molecule has 6 nitrogen and oxygen atoms in total. The van der Waals surface area contributed by atoms with Crippen molar-refractivity contribution >= 4 is 17.7 Å². The Hall–Kier alpha value is -2.21. The van der Waals surface area contributed by atoms with Crippen molar-refractivity contribution in [2.75, 3.05) is 0 Å². The monoisotopic (exact) mass is 430 g/mol. The summed E-state index contributed by atoms with van der Waals surface area (Å²) < 4.78 is 11.7. The summed E-state index contributed by atoms with van der Waals surface area (Å²) >= 11 is 0. The van der Waals surface area contributed by atoms with Gasteiger partial charge in [-0.1, -0.05) is 38.5 Å². The van der Waals surface area contributed by atoms with Crippen molar-refractivity contribution in [2.45, 2.75) is 73.7 Å². The molecule has 0 heterocycles. The Morgan fingerprint density at radius 1 is 1.00 bits per heavy atom. The van der Waals surface area contributed by atoms with Crippen LogP contribution in [-0.4, -0.2) is 41.1 Å². The van der Waals surface area contributed by atoms with Crippen molar-refractivity contribution in [2.24, 2.45) is 28.6 Å². The first-order valence-corrected chi connectivity index (χ1v) is 10.9. The molecule has 6 heteroatoms. The van der Waals surface area contributed by atoms with E-state index in [2.05, 4.69) is 0 Å². The highest BCUT2D eigenvalue weighted by Gasteiger charge is 2.76. The van der Waals surface area contributed by atoms with Crippen LogP contribution in [0.3, 0.4) is 0 Å². The third kappa shape index (κ3) is 3.22. The number of aliphatic hydroxyl groups excluding tert-OH is 1. The third-order valence-corrected chi connectivity index (χ3v) is 8.05. The van der Waals surface area contributed by atoms with Gasteiger partial charge in [-0.15, -0.1) is 0 Å². The van der Waals surface area contributed by atoms with Gasteiger partial charge >= 0.3 is 11.9 Å². The van der Waals surface area contributed by atoms with Gasteiger partial charge in [-0.3, -0.25) is 4.79 Å². The maximum Gasteiger partial charge on any atom is 0.333 e. The van der Waals surface area contributed by atoms with E-state index in [0.717, 1.165) is 5.57 Å². The number of esters is 2. The summed E-state index contributed by atoms with van der Waals surface area (Å²) in [5.41, 5.74) is 0.238. The van der Waals surface area contributed by atoms with Gasteiger partial charge in [0.1, 0.15) is 12.2 Å². The molecular formula is C25H34O6. The van der Waals surface area contributed by atoms with Gasteiger partial charge in [0.15, 0.2) is 11.9 Å². The van der Waals surface area contributed by atoms with Gasteiger partial charge in [0, 0.05) is 27.9 Å². The van der Waals surface area contributed by atoms with Gasteiger partial charge in [-0.2, -0.15) is 0 Å². The number of aliphatic hydroxyl groups is 1. The molecular weight excluding hydrogens is 396 g/mol. The molecule has 0 saturated heterocycles. The fourth-order valence-corrected chi connectivity index (χ4v) is 6.07. The second-order valence-corrected chi connectivity index (χ2v) is 10.0. The number of fused-ring (bicyclic) bond motifs is 3. The molecule has 31 heavy (non-hydrogen) atoms. The molecule has 4 aliphatic carbocycles. The number of carbonyl (C=O) groups excluding carboxylic acids is 3. The van der Waals surface area contributed by atoms with E-state index in [1.807, 2.05) is 27.7 Å². The minimum Gasteiger partial charge on any atom is -0.454 e. The second kappa shape index (κ2) is 7.73. The molecule has 3 saturated carbocycles. The van der Waals surface area contributed by atoms with Crippen LogP contribution in [0.25, 0.3) is 0 Å². The van der Waals surface area contributed by atoms with Crippen LogP contribution in [0.2, 0.25) is 0 Å². The van der Waals surface area contributed by atoms with Gasteiger partial charge in [0.05, 0.1) is 0 Å². The highest BCUT2D eigenvalue weighted by molar-refractivity contribution is 5.97. The first kappa shape index (κ1) is 23.5. The Balaban J connectivity index is 2.14. The van der Waals surface area contributed by atoms with Gasteiger partial charge in [0.2, 0.25) is 0 Å². The maximum atomic E-state index is 13.0. The summed E-state index contributed by atoms with van der Waals surface area (Å²) in [5, 5.41) is 11.6. The predicted octanol–water partition coefficient (Wildman–Crippen LogP) is 3.54. The Morgan fingerprint density at radius 2 is 1.52 bits per heavy atom. The Morgan fingerprint density at radius 3 is 2.00 bits per heavy atom. The molecule has 0 aromatic carbocycles. The SMILES string of the molecule is CC=C(C)C(=O)OC1C(OC(=O)C(C)=CC)C(C)(C)C2C3C(=O)C=C(C)C2C3(C)C1O. The van der Waals surface area contributed by atoms with E-state index in [1.165, 1.54) is 0 Å². The van der Waals surface area contributed by atoms with Crippen molar-refractivity contribution in [1.29, 1.82) is 0 Å². The molecule has 0 aromatic rings. The lowest BCUT2D eigenvalue weighted by atomic mass is 9.37. The summed E-state index contributed by atoms with van der Waals surface area (Å²) in [4.78, 5) is 38.4.